The Morgan fingerprint density at radius 2 is 1.86 bits per heavy atom. The van der Waals surface area contributed by atoms with Crippen LogP contribution in [0.3, 0.4) is 0 Å². The molecule has 0 radical (unpaired) electrons. The summed E-state index contributed by atoms with van der Waals surface area (Å²) < 4.78 is 12.7. The van der Waals surface area contributed by atoms with Gasteiger partial charge in [0.05, 0.1) is 0 Å². The van der Waals surface area contributed by atoms with Gasteiger partial charge in [-0.05, 0) is 19.3 Å². The van der Waals surface area contributed by atoms with Crippen molar-refractivity contribution in [3.05, 3.63) is 0 Å². The number of rotatable bonds is 6. The van der Waals surface area contributed by atoms with Crippen LogP contribution in [-0.4, -0.2) is 28.4 Å². The second kappa shape index (κ2) is 7.22. The molecule has 0 aromatic rings. The predicted octanol–water partition coefficient (Wildman–Crippen LogP) is -0.104. The van der Waals surface area contributed by atoms with E-state index in [4.69, 9.17) is 10.4 Å². The summed E-state index contributed by atoms with van der Waals surface area (Å²) in [7, 11) is 0. The lowest BCUT2D eigenvalue weighted by Crippen LogP contribution is -2.29. The molecule has 0 aliphatic carbocycles. The smallest absolute Gasteiger partial charge is 0.277 e. The van der Waals surface area contributed by atoms with Crippen LogP contribution in [0, 0.1) is 0 Å². The molecule has 0 aromatic carbocycles. The molecule has 0 heterocycles. The molecule has 0 aromatic heterocycles. The van der Waals surface area contributed by atoms with Crippen LogP contribution < -0.4 is 11.0 Å². The van der Waals surface area contributed by atoms with Gasteiger partial charge in [0.15, 0.2) is 6.17 Å². The maximum atomic E-state index is 12.7. The van der Waals surface area contributed by atoms with Crippen molar-refractivity contribution in [2.24, 2.45) is 0 Å². The molecule has 4 N–H and O–H groups in total. The normalized spacial score (nSPS) is 11.9. The van der Waals surface area contributed by atoms with Crippen molar-refractivity contribution in [2.75, 3.05) is 0 Å². The fourth-order valence-electron chi connectivity index (χ4n) is 0.866. The molecule has 0 aliphatic heterocycles. The maximum absolute atomic E-state index is 12.7. The Hall–Kier alpha value is -1.21. The van der Waals surface area contributed by atoms with Gasteiger partial charge in [0.2, 0.25) is 5.91 Å². The summed E-state index contributed by atoms with van der Waals surface area (Å²) >= 11 is 0. The van der Waals surface area contributed by atoms with E-state index < -0.39 is 18.0 Å². The van der Waals surface area contributed by atoms with E-state index in [2.05, 4.69) is 0 Å². The summed E-state index contributed by atoms with van der Waals surface area (Å²) in [5.74, 6) is -1.64. The first-order valence-electron chi connectivity index (χ1n) is 4.12. The highest BCUT2D eigenvalue weighted by molar-refractivity contribution is 5.79. The quantitative estimate of drug-likeness (QED) is 0.278. The molecule has 2 amide bonds. The number of alkyl halides is 1. The number of hydroxylamine groups is 2. The van der Waals surface area contributed by atoms with Crippen molar-refractivity contribution in [1.29, 1.82) is 0 Å². The van der Waals surface area contributed by atoms with Crippen LogP contribution in [-0.2, 0) is 9.59 Å². The number of nitrogens with one attached hydrogen (secondary N) is 2. The van der Waals surface area contributed by atoms with E-state index in [1.54, 1.807) is 0 Å². The van der Waals surface area contributed by atoms with E-state index in [0.717, 1.165) is 0 Å². The van der Waals surface area contributed by atoms with E-state index in [9.17, 15) is 14.0 Å². The van der Waals surface area contributed by atoms with Crippen molar-refractivity contribution in [3.8, 4) is 0 Å². The number of amides is 2. The highest BCUT2D eigenvalue weighted by atomic mass is 19.1. The Labute approximate surface area is 80.0 Å². The van der Waals surface area contributed by atoms with Gasteiger partial charge in [-0.2, -0.15) is 0 Å². The topological polar surface area (TPSA) is 98.7 Å². The summed E-state index contributed by atoms with van der Waals surface area (Å²) in [4.78, 5) is 20.9. The molecule has 6 nitrogen and oxygen atoms in total. The molecule has 0 aliphatic rings. The molecule has 0 spiro atoms. The van der Waals surface area contributed by atoms with Crippen molar-refractivity contribution in [3.63, 3.8) is 0 Å². The van der Waals surface area contributed by atoms with E-state index in [1.807, 2.05) is 0 Å². The van der Waals surface area contributed by atoms with Crippen LogP contribution in [0.5, 0.6) is 0 Å². The highest BCUT2D eigenvalue weighted by Crippen LogP contribution is 2.06. The zero-order valence-electron chi connectivity index (χ0n) is 7.49. The Balaban J connectivity index is 3.45. The first kappa shape index (κ1) is 12.8. The number of hydrogen-bond donors (Lipinski definition) is 4. The van der Waals surface area contributed by atoms with Crippen LogP contribution in [0.15, 0.2) is 0 Å². The largest absolute Gasteiger partial charge is 0.289 e. The zero-order chi connectivity index (χ0) is 11.0. The van der Waals surface area contributed by atoms with Gasteiger partial charge >= 0.3 is 0 Å². The second-order valence-corrected chi connectivity index (χ2v) is 2.72. The molecule has 0 saturated carbocycles. The lowest BCUT2D eigenvalue weighted by Gasteiger charge is -2.04. The van der Waals surface area contributed by atoms with E-state index >= 15 is 0 Å². The number of halogens is 1. The number of unbranched alkanes of at least 4 members (excludes halogenated alkanes) is 1. The average molecular weight is 208 g/mol. The monoisotopic (exact) mass is 208 g/mol. The van der Waals surface area contributed by atoms with Crippen molar-refractivity contribution in [2.45, 2.75) is 31.9 Å². The molecule has 1 unspecified atom stereocenters. The molecule has 1 atom stereocenters. The molecule has 0 fully saturated rings. The first-order valence-corrected chi connectivity index (χ1v) is 4.12. The predicted molar refractivity (Wildman–Crippen MR) is 43.2 cm³/mol. The number of hydrogen-bond acceptors (Lipinski definition) is 4. The summed E-state index contributed by atoms with van der Waals surface area (Å²) in [6, 6.07) is 0. The molecular formula is C7H13FN2O4. The molecule has 0 bridgehead atoms. The van der Waals surface area contributed by atoms with Crippen LogP contribution in [0.25, 0.3) is 0 Å². The van der Waals surface area contributed by atoms with Gasteiger partial charge in [-0.25, -0.2) is 15.4 Å². The van der Waals surface area contributed by atoms with Gasteiger partial charge < -0.3 is 0 Å². The maximum Gasteiger partial charge on any atom is 0.277 e. The van der Waals surface area contributed by atoms with E-state index in [0.29, 0.717) is 12.8 Å². The Kier molecular flexibility index (Phi) is 6.59. The fraction of sp³-hybridized carbons (Fsp3) is 0.714. The van der Waals surface area contributed by atoms with Crippen LogP contribution in [0.1, 0.15) is 25.7 Å². The van der Waals surface area contributed by atoms with Gasteiger partial charge in [0.25, 0.3) is 5.91 Å². The van der Waals surface area contributed by atoms with Crippen LogP contribution in [0.4, 0.5) is 4.39 Å². The third-order valence-corrected chi connectivity index (χ3v) is 1.63. The third-order valence-electron chi connectivity index (χ3n) is 1.63. The van der Waals surface area contributed by atoms with E-state index in [-0.39, 0.29) is 12.8 Å². The minimum absolute atomic E-state index is 0.0644. The minimum atomic E-state index is -1.77. The molecular weight excluding hydrogens is 195 g/mol. The lowest BCUT2D eigenvalue weighted by atomic mass is 10.1. The molecule has 82 valence electrons. The number of carbonyl (C=O) groups excluding carboxylic acids is 2. The first-order chi connectivity index (χ1) is 6.61. The average Bonchev–Trinajstić information content (AvgIpc) is 2.22. The lowest BCUT2D eigenvalue weighted by molar-refractivity contribution is -0.134. The van der Waals surface area contributed by atoms with Crippen molar-refractivity contribution in [1.82, 2.24) is 11.0 Å². The van der Waals surface area contributed by atoms with Gasteiger partial charge in [0, 0.05) is 6.42 Å². The summed E-state index contributed by atoms with van der Waals surface area (Å²) in [5.41, 5.74) is 2.63. The summed E-state index contributed by atoms with van der Waals surface area (Å²) in [6.07, 6.45) is -1.07. The van der Waals surface area contributed by atoms with Crippen LogP contribution >= 0.6 is 0 Å². The highest BCUT2D eigenvalue weighted by Gasteiger charge is 2.15. The van der Waals surface area contributed by atoms with Crippen molar-refractivity contribution < 1.29 is 24.4 Å². The molecule has 7 heteroatoms. The van der Waals surface area contributed by atoms with Gasteiger partial charge in [0.1, 0.15) is 0 Å². The van der Waals surface area contributed by atoms with Gasteiger partial charge in [-0.3, -0.25) is 20.0 Å². The van der Waals surface area contributed by atoms with E-state index in [1.165, 1.54) is 11.0 Å². The Bertz CT molecular complexity index is 200. The molecule has 14 heavy (non-hydrogen) atoms. The second-order valence-electron chi connectivity index (χ2n) is 2.72. The number of carbonyl (C=O) groups is 2. The standard InChI is InChI=1S/C7H13FN2O4/c8-5(7(12)10-14)3-1-2-4-6(11)9-13/h5,13-14H,1-4H2,(H,9,11)(H,10,12). The van der Waals surface area contributed by atoms with Crippen LogP contribution in [0.2, 0.25) is 0 Å². The molecule has 0 saturated heterocycles. The zero-order valence-corrected chi connectivity index (χ0v) is 7.49. The van der Waals surface area contributed by atoms with Gasteiger partial charge in [-0.15, -0.1) is 0 Å². The Morgan fingerprint density at radius 3 is 2.36 bits per heavy atom. The summed E-state index contributed by atoms with van der Waals surface area (Å²) in [6.45, 7) is 0. The SMILES string of the molecule is O=C(CCCCC(F)C(=O)NO)NO. The Morgan fingerprint density at radius 1 is 1.21 bits per heavy atom. The fourth-order valence-corrected chi connectivity index (χ4v) is 0.866. The summed E-state index contributed by atoms with van der Waals surface area (Å²) in [5, 5.41) is 16.2. The third kappa shape index (κ3) is 5.44. The minimum Gasteiger partial charge on any atom is -0.289 e. The van der Waals surface area contributed by atoms with Gasteiger partial charge in [-0.1, -0.05) is 0 Å². The molecule has 0 rings (SSSR count). The van der Waals surface area contributed by atoms with Crippen molar-refractivity contribution >= 4 is 11.8 Å².